The van der Waals surface area contributed by atoms with E-state index in [-0.39, 0.29) is 5.82 Å². The van der Waals surface area contributed by atoms with Crippen molar-refractivity contribution < 1.29 is 4.39 Å². The highest BCUT2D eigenvalue weighted by atomic mass is 19.1. The van der Waals surface area contributed by atoms with Crippen LogP contribution in [-0.2, 0) is 0 Å². The van der Waals surface area contributed by atoms with Gasteiger partial charge in [-0.15, -0.1) is 0 Å². The van der Waals surface area contributed by atoms with Crippen molar-refractivity contribution in [2.75, 3.05) is 5.73 Å². The molecule has 1 aromatic heterocycles. The van der Waals surface area contributed by atoms with Gasteiger partial charge in [0, 0.05) is 17.2 Å². The lowest BCUT2D eigenvalue weighted by atomic mass is 10.1. The van der Waals surface area contributed by atoms with Crippen molar-refractivity contribution in [2.45, 2.75) is 6.92 Å². The van der Waals surface area contributed by atoms with Gasteiger partial charge >= 0.3 is 0 Å². The van der Waals surface area contributed by atoms with Crippen LogP contribution in [0.15, 0.2) is 54.6 Å². The average molecular weight is 279 g/mol. The molecule has 0 unspecified atom stereocenters. The van der Waals surface area contributed by atoms with Gasteiger partial charge in [-0.05, 0) is 18.6 Å². The molecule has 0 saturated heterocycles. The fraction of sp³-hybridized carbons (Fsp3) is 0.0588. The van der Waals surface area contributed by atoms with Crippen LogP contribution in [0.5, 0.6) is 0 Å². The molecule has 0 bridgehead atoms. The molecule has 0 saturated carbocycles. The van der Waals surface area contributed by atoms with Crippen LogP contribution in [0.1, 0.15) is 5.56 Å². The van der Waals surface area contributed by atoms with Crippen LogP contribution >= 0.6 is 0 Å². The second-order valence-electron chi connectivity index (χ2n) is 4.83. The van der Waals surface area contributed by atoms with Crippen molar-refractivity contribution in [3.8, 4) is 22.6 Å². The summed E-state index contributed by atoms with van der Waals surface area (Å²) in [5.74, 6) is 0.636. The predicted octanol–water partition coefficient (Wildman–Crippen LogP) is 3.84. The highest BCUT2D eigenvalue weighted by molar-refractivity contribution is 5.67. The zero-order valence-electron chi connectivity index (χ0n) is 11.5. The topological polar surface area (TPSA) is 51.8 Å². The van der Waals surface area contributed by atoms with E-state index in [0.717, 1.165) is 5.56 Å². The van der Waals surface area contributed by atoms with Crippen LogP contribution in [0, 0.1) is 12.7 Å². The molecule has 104 valence electrons. The Morgan fingerprint density at radius 1 is 0.905 bits per heavy atom. The third-order valence-electron chi connectivity index (χ3n) is 3.25. The molecule has 0 fully saturated rings. The minimum Gasteiger partial charge on any atom is -0.384 e. The monoisotopic (exact) mass is 279 g/mol. The molecule has 1 heterocycles. The molecular weight excluding hydrogens is 265 g/mol. The van der Waals surface area contributed by atoms with E-state index in [0.29, 0.717) is 28.5 Å². The third-order valence-corrected chi connectivity index (χ3v) is 3.25. The Morgan fingerprint density at radius 2 is 1.67 bits per heavy atom. The first-order valence-electron chi connectivity index (χ1n) is 6.60. The highest BCUT2D eigenvalue weighted by Gasteiger charge is 2.08. The standard InChI is InChI=1S/C17H14FN3/c1-11-7-8-13(9-14(11)18)15-10-16(19)21-17(20-15)12-5-3-2-4-6-12/h2-10H,1H3,(H2,19,20,21). The molecule has 21 heavy (non-hydrogen) atoms. The van der Waals surface area contributed by atoms with E-state index < -0.39 is 0 Å². The zero-order chi connectivity index (χ0) is 14.8. The summed E-state index contributed by atoms with van der Waals surface area (Å²) in [6.07, 6.45) is 0. The number of aryl methyl sites for hydroxylation is 1. The molecule has 2 aromatic carbocycles. The highest BCUT2D eigenvalue weighted by Crippen LogP contribution is 2.24. The molecule has 0 aliphatic carbocycles. The Labute approximate surface area is 122 Å². The predicted molar refractivity (Wildman–Crippen MR) is 82.0 cm³/mol. The van der Waals surface area contributed by atoms with Crippen molar-refractivity contribution in [1.29, 1.82) is 0 Å². The molecule has 0 amide bonds. The van der Waals surface area contributed by atoms with Gasteiger partial charge in [-0.25, -0.2) is 14.4 Å². The zero-order valence-corrected chi connectivity index (χ0v) is 11.5. The molecule has 3 nitrogen and oxygen atoms in total. The second-order valence-corrected chi connectivity index (χ2v) is 4.83. The summed E-state index contributed by atoms with van der Waals surface area (Å²) in [5, 5.41) is 0. The maximum atomic E-state index is 13.7. The van der Waals surface area contributed by atoms with Crippen LogP contribution < -0.4 is 5.73 Å². The number of hydrogen-bond acceptors (Lipinski definition) is 3. The quantitative estimate of drug-likeness (QED) is 0.775. The van der Waals surface area contributed by atoms with Gasteiger partial charge in [0.1, 0.15) is 11.6 Å². The first-order chi connectivity index (χ1) is 10.1. The van der Waals surface area contributed by atoms with Gasteiger partial charge in [-0.1, -0.05) is 42.5 Å². The van der Waals surface area contributed by atoms with Gasteiger partial charge in [-0.3, -0.25) is 0 Å². The van der Waals surface area contributed by atoms with Crippen molar-refractivity contribution in [3.05, 3.63) is 66.0 Å². The number of nitrogens with two attached hydrogens (primary N) is 1. The second kappa shape index (κ2) is 5.32. The molecule has 4 heteroatoms. The summed E-state index contributed by atoms with van der Waals surface area (Å²) in [6.45, 7) is 1.73. The van der Waals surface area contributed by atoms with Crippen molar-refractivity contribution in [3.63, 3.8) is 0 Å². The molecule has 2 N–H and O–H groups in total. The Hall–Kier alpha value is -2.75. The number of halogens is 1. The van der Waals surface area contributed by atoms with Crippen LogP contribution in [-0.4, -0.2) is 9.97 Å². The SMILES string of the molecule is Cc1ccc(-c2cc(N)nc(-c3ccccc3)n2)cc1F. The molecule has 0 aliphatic heterocycles. The number of rotatable bonds is 2. The molecular formula is C17H14FN3. The Bertz CT molecular complexity index is 785. The molecule has 0 radical (unpaired) electrons. The minimum absolute atomic E-state index is 0.258. The molecule has 0 atom stereocenters. The van der Waals surface area contributed by atoms with Gasteiger partial charge in [0.25, 0.3) is 0 Å². The van der Waals surface area contributed by atoms with E-state index in [1.165, 1.54) is 6.07 Å². The van der Waals surface area contributed by atoms with E-state index in [4.69, 9.17) is 5.73 Å². The number of benzene rings is 2. The maximum absolute atomic E-state index is 13.7. The summed E-state index contributed by atoms with van der Waals surface area (Å²) in [7, 11) is 0. The summed E-state index contributed by atoms with van der Waals surface area (Å²) >= 11 is 0. The summed E-state index contributed by atoms with van der Waals surface area (Å²) < 4.78 is 13.7. The van der Waals surface area contributed by atoms with E-state index >= 15 is 0 Å². The Balaban J connectivity index is 2.11. The van der Waals surface area contributed by atoms with Crippen LogP contribution in [0.3, 0.4) is 0 Å². The lowest BCUT2D eigenvalue weighted by molar-refractivity contribution is 0.619. The van der Waals surface area contributed by atoms with E-state index in [2.05, 4.69) is 9.97 Å². The normalized spacial score (nSPS) is 10.6. The van der Waals surface area contributed by atoms with E-state index in [1.807, 2.05) is 36.4 Å². The molecule has 3 aromatic rings. The van der Waals surface area contributed by atoms with Crippen molar-refractivity contribution in [1.82, 2.24) is 9.97 Å². The minimum atomic E-state index is -0.258. The first-order valence-corrected chi connectivity index (χ1v) is 6.60. The number of nitrogen functional groups attached to an aromatic ring is 1. The van der Waals surface area contributed by atoms with Crippen LogP contribution in [0.25, 0.3) is 22.6 Å². The van der Waals surface area contributed by atoms with Crippen LogP contribution in [0.4, 0.5) is 10.2 Å². The fourth-order valence-electron chi connectivity index (χ4n) is 2.08. The molecule has 0 spiro atoms. The van der Waals surface area contributed by atoms with Crippen molar-refractivity contribution in [2.24, 2.45) is 0 Å². The molecule has 3 rings (SSSR count). The number of nitrogens with zero attached hydrogens (tertiary/aromatic N) is 2. The van der Waals surface area contributed by atoms with Gasteiger partial charge in [-0.2, -0.15) is 0 Å². The van der Waals surface area contributed by atoms with Crippen LogP contribution in [0.2, 0.25) is 0 Å². The van der Waals surface area contributed by atoms with E-state index in [9.17, 15) is 4.39 Å². The van der Waals surface area contributed by atoms with Gasteiger partial charge in [0.2, 0.25) is 0 Å². The smallest absolute Gasteiger partial charge is 0.162 e. The summed E-state index contributed by atoms with van der Waals surface area (Å²) in [4.78, 5) is 8.73. The lowest BCUT2D eigenvalue weighted by Gasteiger charge is -2.07. The number of aromatic nitrogens is 2. The van der Waals surface area contributed by atoms with Crippen molar-refractivity contribution >= 4 is 5.82 Å². The lowest BCUT2D eigenvalue weighted by Crippen LogP contribution is -1.98. The maximum Gasteiger partial charge on any atom is 0.162 e. The number of hydrogen-bond donors (Lipinski definition) is 1. The average Bonchev–Trinajstić information content (AvgIpc) is 2.50. The van der Waals surface area contributed by atoms with Gasteiger partial charge in [0.05, 0.1) is 5.69 Å². The first kappa shape index (κ1) is 13.2. The van der Waals surface area contributed by atoms with Gasteiger partial charge < -0.3 is 5.73 Å². The van der Waals surface area contributed by atoms with Gasteiger partial charge in [0.15, 0.2) is 5.82 Å². The van der Waals surface area contributed by atoms with E-state index in [1.54, 1.807) is 19.1 Å². The Morgan fingerprint density at radius 3 is 2.38 bits per heavy atom. The largest absolute Gasteiger partial charge is 0.384 e. The molecule has 0 aliphatic rings. The fourth-order valence-corrected chi connectivity index (χ4v) is 2.08. The third kappa shape index (κ3) is 2.74. The summed E-state index contributed by atoms with van der Waals surface area (Å²) in [6, 6.07) is 16.2. The number of anilines is 1. The summed E-state index contributed by atoms with van der Waals surface area (Å²) in [5.41, 5.74) is 8.63. The Kier molecular flexibility index (Phi) is 3.36.